The molecule has 26 heavy (non-hydrogen) atoms. The predicted molar refractivity (Wildman–Crippen MR) is 110 cm³/mol. The van der Waals surface area contributed by atoms with E-state index in [-0.39, 0.29) is 11.2 Å². The Bertz CT molecular complexity index is 1000. The van der Waals surface area contributed by atoms with Gasteiger partial charge in [0.15, 0.2) is 5.78 Å². The average Bonchev–Trinajstić information content (AvgIpc) is 2.94. The molecule has 1 aliphatic carbocycles. The lowest BCUT2D eigenvalue weighted by molar-refractivity contribution is 0.0911. The molecule has 4 rings (SSSR count). The first-order chi connectivity index (χ1) is 12.3. The summed E-state index contributed by atoms with van der Waals surface area (Å²) in [5, 5.41) is 0.688. The molecule has 0 spiro atoms. The molecule has 0 saturated carbocycles. The Morgan fingerprint density at radius 1 is 1.04 bits per heavy atom. The first-order valence-corrected chi connectivity index (χ1v) is 9.81. The van der Waals surface area contributed by atoms with Crippen LogP contribution in [0.25, 0.3) is 16.9 Å². The maximum atomic E-state index is 12.8. The summed E-state index contributed by atoms with van der Waals surface area (Å²) in [6.07, 6.45) is 1.44. The zero-order chi connectivity index (χ0) is 18.5. The zero-order valence-corrected chi connectivity index (χ0v) is 17.1. The summed E-state index contributed by atoms with van der Waals surface area (Å²) in [5.74, 6) is 0.218. The third-order valence-electron chi connectivity index (χ3n) is 4.89. The normalized spacial score (nSPS) is 15.8. The SMILES string of the molecule is CC1(C)CC(=O)c2cc(-c3ccc(Br)cc3)n(-c3cccc(Cl)c3)c2C1. The van der Waals surface area contributed by atoms with Crippen molar-refractivity contribution >= 4 is 33.3 Å². The minimum atomic E-state index is -0.0459. The van der Waals surface area contributed by atoms with Gasteiger partial charge < -0.3 is 4.57 Å². The molecule has 1 aromatic heterocycles. The van der Waals surface area contributed by atoms with Crippen molar-refractivity contribution in [3.63, 3.8) is 0 Å². The second-order valence-electron chi connectivity index (χ2n) is 7.65. The molecule has 0 unspecified atom stereocenters. The van der Waals surface area contributed by atoms with Crippen LogP contribution in [-0.4, -0.2) is 10.4 Å². The fraction of sp³-hybridized carbons (Fsp3) is 0.227. The van der Waals surface area contributed by atoms with E-state index in [4.69, 9.17) is 11.6 Å². The van der Waals surface area contributed by atoms with Gasteiger partial charge in [-0.25, -0.2) is 0 Å². The Hall–Kier alpha value is -1.84. The molecule has 2 nitrogen and oxygen atoms in total. The van der Waals surface area contributed by atoms with Crippen molar-refractivity contribution in [2.24, 2.45) is 5.41 Å². The minimum Gasteiger partial charge on any atom is -0.313 e. The van der Waals surface area contributed by atoms with Gasteiger partial charge in [-0.1, -0.05) is 59.6 Å². The van der Waals surface area contributed by atoms with Crippen LogP contribution in [-0.2, 0) is 6.42 Å². The molecule has 0 radical (unpaired) electrons. The van der Waals surface area contributed by atoms with E-state index in [1.807, 2.05) is 42.5 Å². The average molecular weight is 429 g/mol. The van der Waals surface area contributed by atoms with E-state index in [0.717, 1.165) is 39.1 Å². The topological polar surface area (TPSA) is 22.0 Å². The van der Waals surface area contributed by atoms with Gasteiger partial charge >= 0.3 is 0 Å². The van der Waals surface area contributed by atoms with Gasteiger partial charge in [-0.3, -0.25) is 4.79 Å². The molecule has 0 fully saturated rings. The number of hydrogen-bond acceptors (Lipinski definition) is 1. The van der Waals surface area contributed by atoms with E-state index < -0.39 is 0 Å². The van der Waals surface area contributed by atoms with Crippen LogP contribution in [0.4, 0.5) is 0 Å². The summed E-state index contributed by atoms with van der Waals surface area (Å²) >= 11 is 9.76. The molecule has 3 aromatic rings. The Morgan fingerprint density at radius 2 is 1.77 bits per heavy atom. The molecular formula is C22H19BrClNO. The number of hydrogen-bond donors (Lipinski definition) is 0. The van der Waals surface area contributed by atoms with Gasteiger partial charge in [0.25, 0.3) is 0 Å². The van der Waals surface area contributed by atoms with Gasteiger partial charge in [-0.05, 0) is 53.8 Å². The number of benzene rings is 2. The van der Waals surface area contributed by atoms with Crippen molar-refractivity contribution in [3.8, 4) is 16.9 Å². The minimum absolute atomic E-state index is 0.0459. The van der Waals surface area contributed by atoms with Gasteiger partial charge in [-0.2, -0.15) is 0 Å². The lowest BCUT2D eigenvalue weighted by atomic mass is 9.76. The van der Waals surface area contributed by atoms with Crippen LogP contribution in [0.15, 0.2) is 59.1 Å². The molecule has 0 amide bonds. The lowest BCUT2D eigenvalue weighted by Crippen LogP contribution is -2.27. The van der Waals surface area contributed by atoms with Gasteiger partial charge in [0, 0.05) is 32.9 Å². The summed E-state index contributed by atoms with van der Waals surface area (Å²) in [7, 11) is 0. The highest BCUT2D eigenvalue weighted by atomic mass is 79.9. The Morgan fingerprint density at radius 3 is 2.46 bits per heavy atom. The fourth-order valence-electron chi connectivity index (χ4n) is 3.76. The van der Waals surface area contributed by atoms with Crippen LogP contribution < -0.4 is 0 Å². The van der Waals surface area contributed by atoms with Crippen LogP contribution >= 0.6 is 27.5 Å². The molecule has 1 heterocycles. The predicted octanol–water partition coefficient (Wildman–Crippen LogP) is 6.72. The van der Waals surface area contributed by atoms with E-state index in [0.29, 0.717) is 11.4 Å². The Labute approximate surface area is 166 Å². The van der Waals surface area contributed by atoms with E-state index in [2.05, 4.69) is 46.5 Å². The monoisotopic (exact) mass is 427 g/mol. The smallest absolute Gasteiger partial charge is 0.165 e. The summed E-state index contributed by atoms with van der Waals surface area (Å²) in [6.45, 7) is 4.31. The number of ketones is 1. The number of halogens is 2. The van der Waals surface area contributed by atoms with Crippen molar-refractivity contribution in [2.75, 3.05) is 0 Å². The second-order valence-corrected chi connectivity index (χ2v) is 9.01. The highest BCUT2D eigenvalue weighted by molar-refractivity contribution is 9.10. The van der Waals surface area contributed by atoms with Crippen molar-refractivity contribution in [3.05, 3.63) is 75.4 Å². The van der Waals surface area contributed by atoms with Crippen molar-refractivity contribution < 1.29 is 4.79 Å². The number of fused-ring (bicyclic) bond motifs is 1. The van der Waals surface area contributed by atoms with E-state index >= 15 is 0 Å². The largest absolute Gasteiger partial charge is 0.313 e. The highest BCUT2D eigenvalue weighted by Gasteiger charge is 2.35. The molecule has 2 aromatic carbocycles. The van der Waals surface area contributed by atoms with Crippen LogP contribution in [0, 0.1) is 5.41 Å². The summed E-state index contributed by atoms with van der Waals surface area (Å²) in [5.41, 5.74) is 4.95. The molecule has 1 aliphatic rings. The van der Waals surface area contributed by atoms with Crippen molar-refractivity contribution in [2.45, 2.75) is 26.7 Å². The summed E-state index contributed by atoms with van der Waals surface area (Å²) < 4.78 is 3.23. The van der Waals surface area contributed by atoms with Gasteiger partial charge in [0.05, 0.1) is 5.69 Å². The van der Waals surface area contributed by atoms with E-state index in [1.54, 1.807) is 0 Å². The number of Topliss-reactive ketones (excluding diaryl/α,β-unsaturated/α-hetero) is 1. The Kier molecular flexibility index (Phi) is 4.32. The first-order valence-electron chi connectivity index (χ1n) is 8.64. The molecule has 0 aliphatic heterocycles. The summed E-state index contributed by atoms with van der Waals surface area (Å²) in [6, 6.07) is 18.0. The molecule has 0 atom stereocenters. The van der Waals surface area contributed by atoms with E-state index in [9.17, 15) is 4.79 Å². The fourth-order valence-corrected chi connectivity index (χ4v) is 4.20. The molecule has 4 heteroatoms. The van der Waals surface area contributed by atoms with Crippen molar-refractivity contribution in [1.82, 2.24) is 4.57 Å². The number of aromatic nitrogens is 1. The maximum absolute atomic E-state index is 12.8. The van der Waals surface area contributed by atoms with Gasteiger partial charge in [0.1, 0.15) is 0 Å². The first kappa shape index (κ1) is 17.6. The van der Waals surface area contributed by atoms with E-state index in [1.165, 1.54) is 0 Å². The van der Waals surface area contributed by atoms with Crippen LogP contribution in [0.1, 0.15) is 36.3 Å². The maximum Gasteiger partial charge on any atom is 0.165 e. The molecule has 0 N–H and O–H groups in total. The van der Waals surface area contributed by atoms with Crippen LogP contribution in [0.2, 0.25) is 5.02 Å². The third-order valence-corrected chi connectivity index (χ3v) is 5.66. The standard InChI is InChI=1S/C22H19BrClNO/c1-22(2)12-20-18(21(26)13-22)11-19(14-6-8-15(23)9-7-14)25(20)17-5-3-4-16(24)10-17/h3-11H,12-13H2,1-2H3. The third kappa shape index (κ3) is 3.15. The molecule has 0 bridgehead atoms. The van der Waals surface area contributed by atoms with Crippen molar-refractivity contribution in [1.29, 1.82) is 0 Å². The molecule has 132 valence electrons. The van der Waals surface area contributed by atoms with Crippen LogP contribution in [0.3, 0.4) is 0 Å². The van der Waals surface area contributed by atoms with Gasteiger partial charge in [-0.15, -0.1) is 0 Å². The lowest BCUT2D eigenvalue weighted by Gasteiger charge is -2.30. The quantitative estimate of drug-likeness (QED) is 0.444. The number of carbonyl (C=O) groups is 1. The number of rotatable bonds is 2. The number of carbonyl (C=O) groups excluding carboxylic acids is 1. The summed E-state index contributed by atoms with van der Waals surface area (Å²) in [4.78, 5) is 12.8. The number of nitrogens with zero attached hydrogens (tertiary/aromatic N) is 1. The second kappa shape index (κ2) is 6.40. The van der Waals surface area contributed by atoms with Gasteiger partial charge in [0.2, 0.25) is 0 Å². The molecular weight excluding hydrogens is 410 g/mol. The zero-order valence-electron chi connectivity index (χ0n) is 14.7. The highest BCUT2D eigenvalue weighted by Crippen LogP contribution is 2.40. The van der Waals surface area contributed by atoms with Crippen LogP contribution in [0.5, 0.6) is 0 Å². The Balaban J connectivity index is 2.00. The molecule has 0 saturated heterocycles.